The van der Waals surface area contributed by atoms with Gasteiger partial charge in [0, 0.05) is 12.5 Å². The average Bonchev–Trinajstić information content (AvgIpc) is 2.72. The van der Waals surface area contributed by atoms with Gasteiger partial charge in [-0.05, 0) is 6.42 Å². The topological polar surface area (TPSA) is 110 Å². The molecule has 0 radical (unpaired) electrons. The van der Waals surface area contributed by atoms with Crippen LogP contribution >= 0.6 is 0 Å². The van der Waals surface area contributed by atoms with Crippen LogP contribution in [-0.4, -0.2) is 37.4 Å². The van der Waals surface area contributed by atoms with E-state index in [4.69, 9.17) is 10.8 Å². The molecule has 0 aromatic carbocycles. The fourth-order valence-electron chi connectivity index (χ4n) is 2.32. The van der Waals surface area contributed by atoms with Gasteiger partial charge in [-0.1, -0.05) is 0 Å². The van der Waals surface area contributed by atoms with Gasteiger partial charge in [0.05, 0.1) is 12.4 Å². The molecule has 96 valence electrons. The Balaban J connectivity index is 2.06. The molecule has 3 atom stereocenters. The first-order valence-corrected chi connectivity index (χ1v) is 5.59. The number of aromatic nitrogens is 4. The van der Waals surface area contributed by atoms with Crippen LogP contribution in [0.5, 0.6) is 0 Å². The number of aromatic amines is 1. The number of imidazole rings is 1. The number of hydrogen-bond donors (Lipinski definition) is 3. The highest BCUT2D eigenvalue weighted by atomic mass is 19.1. The van der Waals surface area contributed by atoms with Crippen LogP contribution in [0.15, 0.2) is 11.1 Å². The number of nitrogens with zero attached hydrogens (tertiary/aromatic N) is 3. The molecule has 0 amide bonds. The molecule has 7 nitrogen and oxygen atoms in total. The minimum atomic E-state index is -1.16. The molecule has 2 aromatic rings. The van der Waals surface area contributed by atoms with E-state index in [1.54, 1.807) is 0 Å². The Morgan fingerprint density at radius 2 is 2.44 bits per heavy atom. The van der Waals surface area contributed by atoms with E-state index < -0.39 is 17.8 Å². The zero-order chi connectivity index (χ0) is 12.9. The van der Waals surface area contributed by atoms with Gasteiger partial charge in [0.1, 0.15) is 6.17 Å². The maximum Gasteiger partial charge on any atom is 0.280 e. The molecule has 0 aliphatic heterocycles. The summed E-state index contributed by atoms with van der Waals surface area (Å²) in [6.45, 7) is -0.180. The fourth-order valence-corrected chi connectivity index (χ4v) is 2.32. The third-order valence-corrected chi connectivity index (χ3v) is 3.40. The molecule has 2 aromatic heterocycles. The normalized spacial score (nSPS) is 27.3. The number of anilines is 1. The maximum atomic E-state index is 13.8. The molecule has 4 N–H and O–H groups in total. The molecule has 1 fully saturated rings. The van der Waals surface area contributed by atoms with Crippen LogP contribution in [0.2, 0.25) is 0 Å². The largest absolute Gasteiger partial charge is 0.396 e. The Bertz CT molecular complexity index is 651. The number of nitrogen functional groups attached to an aromatic ring is 1. The Kier molecular flexibility index (Phi) is 2.34. The Labute approximate surface area is 100 Å². The molecule has 0 unspecified atom stereocenters. The van der Waals surface area contributed by atoms with Crippen molar-refractivity contribution >= 4 is 17.1 Å². The van der Waals surface area contributed by atoms with Crippen molar-refractivity contribution in [3.05, 3.63) is 16.7 Å². The van der Waals surface area contributed by atoms with Crippen LogP contribution in [0.4, 0.5) is 10.3 Å². The first-order valence-electron chi connectivity index (χ1n) is 5.59. The van der Waals surface area contributed by atoms with Gasteiger partial charge < -0.3 is 15.4 Å². The van der Waals surface area contributed by atoms with E-state index in [0.29, 0.717) is 6.42 Å². The minimum Gasteiger partial charge on any atom is -0.396 e. The molecule has 0 saturated heterocycles. The van der Waals surface area contributed by atoms with Crippen LogP contribution in [0.25, 0.3) is 11.2 Å². The summed E-state index contributed by atoms with van der Waals surface area (Å²) < 4.78 is 15.3. The van der Waals surface area contributed by atoms with Gasteiger partial charge in [-0.15, -0.1) is 0 Å². The number of hydrogen-bond acceptors (Lipinski definition) is 5. The number of nitrogens with two attached hydrogens (primary N) is 1. The quantitative estimate of drug-likeness (QED) is 0.674. The number of halogens is 1. The maximum absolute atomic E-state index is 13.8. The molecule has 8 heteroatoms. The highest BCUT2D eigenvalue weighted by Crippen LogP contribution is 2.41. The van der Waals surface area contributed by atoms with Gasteiger partial charge in [0.15, 0.2) is 11.2 Å². The number of rotatable bonds is 2. The van der Waals surface area contributed by atoms with E-state index in [2.05, 4.69) is 15.0 Å². The lowest BCUT2D eigenvalue weighted by atomic mass is 9.78. The van der Waals surface area contributed by atoms with Crippen LogP contribution in [0, 0.1) is 5.92 Å². The van der Waals surface area contributed by atoms with Crippen molar-refractivity contribution < 1.29 is 9.50 Å². The second-order valence-electron chi connectivity index (χ2n) is 4.47. The lowest BCUT2D eigenvalue weighted by molar-refractivity contribution is 0.00326. The summed E-state index contributed by atoms with van der Waals surface area (Å²) in [7, 11) is 0. The first-order chi connectivity index (χ1) is 8.61. The summed E-state index contributed by atoms with van der Waals surface area (Å²) in [5.41, 5.74) is 5.44. The van der Waals surface area contributed by atoms with E-state index in [1.807, 2.05) is 0 Å². The molecule has 18 heavy (non-hydrogen) atoms. The number of alkyl halides is 1. The van der Waals surface area contributed by atoms with Crippen molar-refractivity contribution in [2.45, 2.75) is 18.6 Å². The Morgan fingerprint density at radius 1 is 1.67 bits per heavy atom. The van der Waals surface area contributed by atoms with E-state index in [-0.39, 0.29) is 29.6 Å². The number of aliphatic hydroxyl groups is 1. The lowest BCUT2D eigenvalue weighted by Gasteiger charge is -2.39. The van der Waals surface area contributed by atoms with Crippen molar-refractivity contribution in [1.29, 1.82) is 0 Å². The third-order valence-electron chi connectivity index (χ3n) is 3.40. The summed E-state index contributed by atoms with van der Waals surface area (Å²) in [5, 5.41) is 8.92. The van der Waals surface area contributed by atoms with Gasteiger partial charge in [-0.3, -0.25) is 9.78 Å². The monoisotopic (exact) mass is 253 g/mol. The van der Waals surface area contributed by atoms with Crippen molar-refractivity contribution in [3.8, 4) is 0 Å². The van der Waals surface area contributed by atoms with Crippen LogP contribution in [0.1, 0.15) is 12.5 Å². The number of fused-ring (bicyclic) bond motifs is 1. The van der Waals surface area contributed by atoms with Crippen molar-refractivity contribution in [3.63, 3.8) is 0 Å². The Hall–Kier alpha value is -1.96. The first kappa shape index (κ1) is 11.1. The molecule has 1 aliphatic rings. The van der Waals surface area contributed by atoms with Gasteiger partial charge in [-0.2, -0.15) is 4.98 Å². The minimum absolute atomic E-state index is 0.0253. The summed E-state index contributed by atoms with van der Waals surface area (Å²) >= 11 is 0. The molecular formula is C10H12FN5O2. The highest BCUT2D eigenvalue weighted by molar-refractivity contribution is 5.70. The zero-order valence-corrected chi connectivity index (χ0v) is 9.38. The molecule has 1 aliphatic carbocycles. The summed E-state index contributed by atoms with van der Waals surface area (Å²) in [6, 6.07) is -0.444. The van der Waals surface area contributed by atoms with Gasteiger partial charge in [0.25, 0.3) is 5.56 Å². The van der Waals surface area contributed by atoms with Gasteiger partial charge in [0.2, 0.25) is 5.95 Å². The zero-order valence-electron chi connectivity index (χ0n) is 9.38. The van der Waals surface area contributed by atoms with Crippen LogP contribution in [0.3, 0.4) is 0 Å². The second kappa shape index (κ2) is 3.77. The molecule has 0 spiro atoms. The van der Waals surface area contributed by atoms with E-state index >= 15 is 0 Å². The standard InChI is InChI=1S/C10H12FN5O2/c11-6-4(2-17)1-5(6)16-3-13-7-8(16)14-10(12)15-9(7)18/h3-6,17H,1-2H2,(H3,12,14,15,18)/t4-,5-,6+/m1/s1. The SMILES string of the molecule is Nc1nc2c(ncn2[C@@H]2C[C@H](CO)[C@@H]2F)c(=O)[nH]1. The van der Waals surface area contributed by atoms with Crippen molar-refractivity contribution in [2.24, 2.45) is 5.92 Å². The molecule has 2 heterocycles. The number of aliphatic hydroxyl groups excluding tert-OH is 1. The highest BCUT2D eigenvalue weighted by Gasteiger charge is 2.43. The lowest BCUT2D eigenvalue weighted by Crippen LogP contribution is -2.42. The predicted octanol–water partition coefficient (Wildman–Crippen LogP) is -0.407. The number of H-pyrrole nitrogens is 1. The van der Waals surface area contributed by atoms with E-state index in [9.17, 15) is 9.18 Å². The van der Waals surface area contributed by atoms with E-state index in [0.717, 1.165) is 0 Å². The summed E-state index contributed by atoms with van der Waals surface area (Å²) in [5.74, 6) is -0.380. The summed E-state index contributed by atoms with van der Waals surface area (Å²) in [4.78, 5) is 21.8. The van der Waals surface area contributed by atoms with E-state index in [1.165, 1.54) is 10.9 Å². The Morgan fingerprint density at radius 3 is 3.11 bits per heavy atom. The predicted molar refractivity (Wildman–Crippen MR) is 61.7 cm³/mol. The molecule has 1 saturated carbocycles. The third kappa shape index (κ3) is 1.42. The van der Waals surface area contributed by atoms with Gasteiger partial charge >= 0.3 is 0 Å². The molecular weight excluding hydrogens is 241 g/mol. The van der Waals surface area contributed by atoms with Crippen LogP contribution in [-0.2, 0) is 0 Å². The number of nitrogens with one attached hydrogen (secondary N) is 1. The second-order valence-corrected chi connectivity index (χ2v) is 4.47. The molecule has 3 rings (SSSR count). The van der Waals surface area contributed by atoms with Gasteiger partial charge in [-0.25, -0.2) is 9.37 Å². The smallest absolute Gasteiger partial charge is 0.280 e. The van der Waals surface area contributed by atoms with Crippen LogP contribution < -0.4 is 11.3 Å². The van der Waals surface area contributed by atoms with Crippen molar-refractivity contribution in [1.82, 2.24) is 19.5 Å². The fraction of sp³-hybridized carbons (Fsp3) is 0.500. The van der Waals surface area contributed by atoms with Crippen molar-refractivity contribution in [2.75, 3.05) is 12.3 Å². The summed E-state index contributed by atoms with van der Waals surface area (Å²) in [6.07, 6.45) is 0.726. The average molecular weight is 253 g/mol. The molecule has 0 bridgehead atoms.